The van der Waals surface area contributed by atoms with Crippen molar-refractivity contribution in [3.05, 3.63) is 18.3 Å². The molecule has 1 aromatic heterocycles. The summed E-state index contributed by atoms with van der Waals surface area (Å²) in [4.78, 5) is 5.85. The van der Waals surface area contributed by atoms with Gasteiger partial charge in [-0.15, -0.1) is 0 Å². The Labute approximate surface area is 108 Å². The molecule has 7 heteroatoms. The number of hydrogen-bond acceptors (Lipinski definition) is 5. The highest BCUT2D eigenvalue weighted by molar-refractivity contribution is 7.89. The zero-order valence-electron chi connectivity index (χ0n) is 11.0. The summed E-state index contributed by atoms with van der Waals surface area (Å²) in [6, 6.07) is 3.41. The van der Waals surface area contributed by atoms with Crippen LogP contribution in [-0.4, -0.2) is 52.0 Å². The lowest BCUT2D eigenvalue weighted by Gasteiger charge is -2.13. The van der Waals surface area contributed by atoms with E-state index in [0.717, 1.165) is 0 Å². The Morgan fingerprint density at radius 2 is 2.11 bits per heavy atom. The van der Waals surface area contributed by atoms with Crippen molar-refractivity contribution in [3.8, 4) is 0 Å². The molecule has 0 spiro atoms. The molecule has 0 saturated heterocycles. The molecule has 18 heavy (non-hydrogen) atoms. The number of nitrogens with zero attached hydrogens (tertiary/aromatic N) is 2. The molecule has 0 unspecified atom stereocenters. The van der Waals surface area contributed by atoms with Gasteiger partial charge in [0.05, 0.1) is 5.69 Å². The maximum atomic E-state index is 12.1. The van der Waals surface area contributed by atoms with Gasteiger partial charge in [0, 0.05) is 25.8 Å². The number of nitrogens with one attached hydrogen (secondary N) is 2. The van der Waals surface area contributed by atoms with Gasteiger partial charge in [-0.2, -0.15) is 0 Å². The molecule has 0 radical (unpaired) electrons. The van der Waals surface area contributed by atoms with E-state index in [2.05, 4.69) is 15.0 Å². The second-order valence-electron chi connectivity index (χ2n) is 4.09. The first-order chi connectivity index (χ1) is 8.47. The summed E-state index contributed by atoms with van der Waals surface area (Å²) in [6.07, 6.45) is 1.47. The third-order valence-electron chi connectivity index (χ3n) is 2.24. The Hall–Kier alpha value is -1.18. The highest BCUT2D eigenvalue weighted by atomic mass is 32.2. The minimum atomic E-state index is -3.56. The van der Waals surface area contributed by atoms with Gasteiger partial charge in [-0.1, -0.05) is 0 Å². The largest absolute Gasteiger partial charge is 0.383 e. The average Bonchev–Trinajstić information content (AvgIpc) is 2.29. The summed E-state index contributed by atoms with van der Waals surface area (Å²) >= 11 is 0. The molecule has 1 heterocycles. The molecule has 0 aliphatic heterocycles. The van der Waals surface area contributed by atoms with Crippen LogP contribution in [0.2, 0.25) is 0 Å². The fourth-order valence-electron chi connectivity index (χ4n) is 1.40. The lowest BCUT2D eigenvalue weighted by molar-refractivity contribution is 0.412. The van der Waals surface area contributed by atoms with E-state index in [1.165, 1.54) is 6.20 Å². The van der Waals surface area contributed by atoms with Gasteiger partial charge >= 0.3 is 0 Å². The van der Waals surface area contributed by atoms with Crippen LogP contribution in [0.15, 0.2) is 23.4 Å². The molecule has 2 N–H and O–H groups in total. The molecule has 0 bridgehead atoms. The van der Waals surface area contributed by atoms with Crippen LogP contribution in [0.3, 0.4) is 0 Å². The van der Waals surface area contributed by atoms with E-state index < -0.39 is 10.0 Å². The highest BCUT2D eigenvalue weighted by Crippen LogP contribution is 2.17. The van der Waals surface area contributed by atoms with Gasteiger partial charge in [0.2, 0.25) is 0 Å². The second kappa shape index (κ2) is 6.67. The molecule has 102 valence electrons. The highest BCUT2D eigenvalue weighted by Gasteiger charge is 2.19. The lowest BCUT2D eigenvalue weighted by Crippen LogP contribution is -2.32. The van der Waals surface area contributed by atoms with Gasteiger partial charge < -0.3 is 10.2 Å². The van der Waals surface area contributed by atoms with E-state index in [0.29, 0.717) is 25.3 Å². The minimum absolute atomic E-state index is 0.0469. The van der Waals surface area contributed by atoms with Crippen molar-refractivity contribution in [1.29, 1.82) is 0 Å². The van der Waals surface area contributed by atoms with E-state index in [1.54, 1.807) is 12.1 Å². The molecular formula is C11H20N4O2S. The van der Waals surface area contributed by atoms with Crippen LogP contribution in [-0.2, 0) is 10.0 Å². The van der Waals surface area contributed by atoms with Crippen molar-refractivity contribution < 1.29 is 8.42 Å². The summed E-state index contributed by atoms with van der Waals surface area (Å²) < 4.78 is 26.7. The molecule has 1 rings (SSSR count). The molecule has 0 saturated carbocycles. The van der Waals surface area contributed by atoms with Crippen LogP contribution in [0.4, 0.5) is 5.69 Å². The standard InChI is InChI=1S/C11H20N4O2S/c1-4-12-10-6-5-7-13-11(10)18(16,17)14-8-9-15(2)3/h5-7,12,14H,4,8-9H2,1-3H3. The number of aromatic nitrogens is 1. The van der Waals surface area contributed by atoms with Crippen LogP contribution in [0.1, 0.15) is 6.92 Å². The average molecular weight is 272 g/mol. The maximum Gasteiger partial charge on any atom is 0.260 e. The number of sulfonamides is 1. The fourth-order valence-corrected chi connectivity index (χ4v) is 2.53. The van der Waals surface area contributed by atoms with Crippen LogP contribution >= 0.6 is 0 Å². The zero-order valence-corrected chi connectivity index (χ0v) is 11.8. The summed E-state index contributed by atoms with van der Waals surface area (Å²) in [5.74, 6) is 0. The third kappa shape index (κ3) is 4.25. The Bertz CT molecular complexity index is 474. The van der Waals surface area contributed by atoms with E-state index in [1.807, 2.05) is 25.9 Å². The first kappa shape index (κ1) is 14.9. The van der Waals surface area contributed by atoms with Crippen LogP contribution in [0.5, 0.6) is 0 Å². The van der Waals surface area contributed by atoms with Gasteiger partial charge in [-0.3, -0.25) is 0 Å². The summed E-state index contributed by atoms with van der Waals surface area (Å²) in [7, 11) is 0.217. The quantitative estimate of drug-likeness (QED) is 0.749. The smallest absolute Gasteiger partial charge is 0.260 e. The number of pyridine rings is 1. The van der Waals surface area contributed by atoms with Crippen molar-refractivity contribution in [2.75, 3.05) is 39.0 Å². The molecule has 0 amide bonds. The van der Waals surface area contributed by atoms with E-state index in [4.69, 9.17) is 0 Å². The number of hydrogen-bond donors (Lipinski definition) is 2. The van der Waals surface area contributed by atoms with Crippen molar-refractivity contribution in [2.24, 2.45) is 0 Å². The topological polar surface area (TPSA) is 74.3 Å². The van der Waals surface area contributed by atoms with Crippen molar-refractivity contribution in [1.82, 2.24) is 14.6 Å². The van der Waals surface area contributed by atoms with Crippen molar-refractivity contribution in [3.63, 3.8) is 0 Å². The number of likely N-dealkylation sites (N-methyl/N-ethyl adjacent to an activating group) is 1. The molecule has 0 aromatic carbocycles. The minimum Gasteiger partial charge on any atom is -0.383 e. The maximum absolute atomic E-state index is 12.1. The summed E-state index contributed by atoms with van der Waals surface area (Å²) in [5.41, 5.74) is 0.525. The van der Waals surface area contributed by atoms with E-state index in [9.17, 15) is 8.42 Å². The van der Waals surface area contributed by atoms with Crippen LogP contribution in [0, 0.1) is 0 Å². The SMILES string of the molecule is CCNc1cccnc1S(=O)(=O)NCCN(C)C. The monoisotopic (exact) mass is 272 g/mol. The molecule has 0 aliphatic rings. The Morgan fingerprint density at radius 1 is 1.39 bits per heavy atom. The Balaban J connectivity index is 2.84. The predicted molar refractivity (Wildman–Crippen MR) is 72.1 cm³/mol. The number of anilines is 1. The first-order valence-electron chi connectivity index (χ1n) is 5.80. The van der Waals surface area contributed by atoms with Crippen molar-refractivity contribution >= 4 is 15.7 Å². The molecule has 6 nitrogen and oxygen atoms in total. The lowest BCUT2D eigenvalue weighted by atomic mass is 10.4. The van der Waals surface area contributed by atoms with Crippen LogP contribution in [0.25, 0.3) is 0 Å². The second-order valence-corrected chi connectivity index (χ2v) is 5.77. The number of rotatable bonds is 7. The molecule has 0 fully saturated rings. The Morgan fingerprint density at radius 3 is 2.72 bits per heavy atom. The normalized spacial score (nSPS) is 11.8. The van der Waals surface area contributed by atoms with Gasteiger partial charge in [-0.25, -0.2) is 18.1 Å². The van der Waals surface area contributed by atoms with E-state index >= 15 is 0 Å². The molecular weight excluding hydrogens is 252 g/mol. The van der Waals surface area contributed by atoms with Gasteiger partial charge in [0.25, 0.3) is 10.0 Å². The predicted octanol–water partition coefficient (Wildman–Crippen LogP) is 0.353. The summed E-state index contributed by atoms with van der Waals surface area (Å²) in [6.45, 7) is 3.55. The molecule has 0 aliphatic carbocycles. The first-order valence-corrected chi connectivity index (χ1v) is 7.29. The van der Waals surface area contributed by atoms with Crippen LogP contribution < -0.4 is 10.0 Å². The van der Waals surface area contributed by atoms with Crippen molar-refractivity contribution in [2.45, 2.75) is 11.9 Å². The molecule has 0 atom stereocenters. The van der Waals surface area contributed by atoms with Gasteiger partial charge in [0.1, 0.15) is 0 Å². The molecule has 1 aromatic rings. The van der Waals surface area contributed by atoms with Gasteiger partial charge in [0.15, 0.2) is 5.03 Å². The van der Waals surface area contributed by atoms with Gasteiger partial charge in [-0.05, 0) is 33.2 Å². The van der Waals surface area contributed by atoms with E-state index in [-0.39, 0.29) is 5.03 Å². The summed E-state index contributed by atoms with van der Waals surface area (Å²) in [5, 5.41) is 3.04. The fraction of sp³-hybridized carbons (Fsp3) is 0.545. The third-order valence-corrected chi connectivity index (χ3v) is 3.66. The zero-order chi connectivity index (χ0) is 13.6. The Kier molecular flexibility index (Phi) is 5.52.